The summed E-state index contributed by atoms with van der Waals surface area (Å²) >= 11 is 10.8. The second-order valence-corrected chi connectivity index (χ2v) is 7.97. The van der Waals surface area contributed by atoms with Gasteiger partial charge in [-0.05, 0) is 36.8 Å². The Kier molecular flexibility index (Phi) is 5.86. The SMILES string of the molecule is CC(C#N)(Cn1nc2cc(C(F)(F)F)cc(Cl)c2n1)c1cc(C(F)(F)F)ccc1C(N)=S. The maximum atomic E-state index is 13.3. The number of aromatic nitrogens is 3. The third kappa shape index (κ3) is 4.49. The van der Waals surface area contributed by atoms with Crippen molar-refractivity contribution in [1.29, 1.82) is 5.26 Å². The number of benzene rings is 2. The number of hydrogen-bond donors (Lipinski definition) is 1. The average Bonchev–Trinajstić information content (AvgIpc) is 3.08. The van der Waals surface area contributed by atoms with E-state index in [1.54, 1.807) is 0 Å². The number of rotatable bonds is 4. The van der Waals surface area contributed by atoms with Crippen LogP contribution in [0.15, 0.2) is 30.3 Å². The van der Waals surface area contributed by atoms with Crippen molar-refractivity contribution < 1.29 is 26.3 Å². The molecule has 168 valence electrons. The third-order valence-electron chi connectivity index (χ3n) is 4.72. The second-order valence-electron chi connectivity index (χ2n) is 7.12. The first-order valence-electron chi connectivity index (χ1n) is 8.70. The van der Waals surface area contributed by atoms with Crippen LogP contribution in [0.4, 0.5) is 26.3 Å². The molecule has 0 amide bonds. The highest BCUT2D eigenvalue weighted by atomic mass is 35.5. The van der Waals surface area contributed by atoms with E-state index < -0.39 is 35.4 Å². The van der Waals surface area contributed by atoms with Crippen molar-refractivity contribution in [3.63, 3.8) is 0 Å². The van der Waals surface area contributed by atoms with Crippen molar-refractivity contribution >= 4 is 39.8 Å². The molecule has 3 aromatic rings. The van der Waals surface area contributed by atoms with Gasteiger partial charge in [-0.25, -0.2) is 0 Å². The fourth-order valence-corrected chi connectivity index (χ4v) is 3.54. The van der Waals surface area contributed by atoms with Gasteiger partial charge in [-0.15, -0.1) is 0 Å². The Hall–Kier alpha value is -2.91. The van der Waals surface area contributed by atoms with Crippen LogP contribution in [0.5, 0.6) is 0 Å². The highest BCUT2D eigenvalue weighted by Crippen LogP contribution is 2.37. The third-order valence-corrected chi connectivity index (χ3v) is 5.23. The van der Waals surface area contributed by atoms with Gasteiger partial charge in [0.1, 0.15) is 21.4 Å². The minimum Gasteiger partial charge on any atom is -0.389 e. The molecule has 0 bridgehead atoms. The minimum absolute atomic E-state index is 0.0474. The molecule has 1 unspecified atom stereocenters. The Morgan fingerprint density at radius 1 is 1.09 bits per heavy atom. The normalized spacial score (nSPS) is 14.2. The molecule has 0 aliphatic rings. The molecule has 0 saturated carbocycles. The second kappa shape index (κ2) is 7.90. The smallest absolute Gasteiger partial charge is 0.389 e. The first-order valence-corrected chi connectivity index (χ1v) is 9.49. The van der Waals surface area contributed by atoms with Crippen LogP contribution in [0.25, 0.3) is 11.0 Å². The van der Waals surface area contributed by atoms with Gasteiger partial charge in [0.05, 0.1) is 28.8 Å². The molecule has 1 heterocycles. The highest BCUT2D eigenvalue weighted by Gasteiger charge is 2.37. The molecule has 5 nitrogen and oxygen atoms in total. The van der Waals surface area contributed by atoms with Gasteiger partial charge in [0.15, 0.2) is 0 Å². The molecule has 0 saturated heterocycles. The maximum Gasteiger partial charge on any atom is 0.416 e. The van der Waals surface area contributed by atoms with Crippen molar-refractivity contribution in [2.24, 2.45) is 5.73 Å². The Bertz CT molecular complexity index is 1260. The number of fused-ring (bicyclic) bond motifs is 1. The summed E-state index contributed by atoms with van der Waals surface area (Å²) in [5.74, 6) is 0. The summed E-state index contributed by atoms with van der Waals surface area (Å²) in [7, 11) is 0. The fraction of sp³-hybridized carbons (Fsp3) is 0.263. The van der Waals surface area contributed by atoms with Crippen LogP contribution in [-0.2, 0) is 24.3 Å². The van der Waals surface area contributed by atoms with Crippen molar-refractivity contribution in [2.45, 2.75) is 31.2 Å². The Balaban J connectivity index is 2.13. The first kappa shape index (κ1) is 23.7. The van der Waals surface area contributed by atoms with Crippen molar-refractivity contribution in [1.82, 2.24) is 15.0 Å². The number of nitrogens with zero attached hydrogens (tertiary/aromatic N) is 4. The fourth-order valence-electron chi connectivity index (χ4n) is 3.11. The van der Waals surface area contributed by atoms with Crippen LogP contribution >= 0.6 is 23.8 Å². The zero-order valence-corrected chi connectivity index (χ0v) is 17.6. The Morgan fingerprint density at radius 3 is 2.25 bits per heavy atom. The predicted octanol–water partition coefficient (Wildman–Crippen LogP) is 5.24. The van der Waals surface area contributed by atoms with Gasteiger partial charge in [0.2, 0.25) is 0 Å². The van der Waals surface area contributed by atoms with E-state index in [1.165, 1.54) is 6.92 Å². The van der Waals surface area contributed by atoms with E-state index in [1.807, 2.05) is 6.07 Å². The minimum atomic E-state index is -4.69. The predicted molar refractivity (Wildman–Crippen MR) is 108 cm³/mol. The topological polar surface area (TPSA) is 80.5 Å². The molecule has 2 aromatic carbocycles. The molecule has 0 aliphatic heterocycles. The zero-order chi connectivity index (χ0) is 24.1. The monoisotopic (exact) mass is 491 g/mol. The van der Waals surface area contributed by atoms with Crippen LogP contribution in [0.1, 0.15) is 29.2 Å². The molecule has 0 radical (unpaired) electrons. The van der Waals surface area contributed by atoms with Crippen LogP contribution in [0, 0.1) is 11.3 Å². The summed E-state index contributed by atoms with van der Waals surface area (Å²) in [6.07, 6.45) is -9.37. The largest absolute Gasteiger partial charge is 0.416 e. The first-order chi connectivity index (χ1) is 14.7. The van der Waals surface area contributed by atoms with Gasteiger partial charge in [-0.1, -0.05) is 29.9 Å². The van der Waals surface area contributed by atoms with Gasteiger partial charge in [0, 0.05) is 5.56 Å². The van der Waals surface area contributed by atoms with Crippen molar-refractivity contribution in [3.8, 4) is 6.07 Å². The lowest BCUT2D eigenvalue weighted by molar-refractivity contribution is -0.138. The van der Waals surface area contributed by atoms with E-state index in [0.29, 0.717) is 6.07 Å². The quantitative estimate of drug-likeness (QED) is 0.399. The number of nitrogens with two attached hydrogens (primary N) is 1. The lowest BCUT2D eigenvalue weighted by atomic mass is 9.80. The van der Waals surface area contributed by atoms with Crippen LogP contribution < -0.4 is 5.73 Å². The molecule has 0 fully saturated rings. The summed E-state index contributed by atoms with van der Waals surface area (Å²) in [6, 6.07) is 5.95. The van der Waals surface area contributed by atoms with E-state index in [4.69, 9.17) is 29.6 Å². The van der Waals surface area contributed by atoms with E-state index in [0.717, 1.165) is 29.1 Å². The molecule has 13 heteroatoms. The molecule has 2 N–H and O–H groups in total. The zero-order valence-electron chi connectivity index (χ0n) is 16.0. The molecular formula is C19H12ClF6N5S. The van der Waals surface area contributed by atoms with E-state index in [-0.39, 0.29) is 32.2 Å². The summed E-state index contributed by atoms with van der Waals surface area (Å²) in [5.41, 5.74) is 1.58. The lowest BCUT2D eigenvalue weighted by Crippen LogP contribution is -2.31. The highest BCUT2D eigenvalue weighted by molar-refractivity contribution is 7.80. The molecule has 1 atom stereocenters. The van der Waals surface area contributed by atoms with Gasteiger partial charge in [-0.2, -0.15) is 46.6 Å². The summed E-state index contributed by atoms with van der Waals surface area (Å²) in [5, 5.41) is 17.4. The van der Waals surface area contributed by atoms with Gasteiger partial charge < -0.3 is 5.73 Å². The van der Waals surface area contributed by atoms with Crippen LogP contribution in [-0.4, -0.2) is 20.0 Å². The van der Waals surface area contributed by atoms with Gasteiger partial charge in [0.25, 0.3) is 0 Å². The Morgan fingerprint density at radius 2 is 1.72 bits per heavy atom. The molecule has 3 rings (SSSR count). The van der Waals surface area contributed by atoms with Gasteiger partial charge in [-0.3, -0.25) is 0 Å². The van der Waals surface area contributed by atoms with E-state index in [9.17, 15) is 31.6 Å². The van der Waals surface area contributed by atoms with E-state index in [2.05, 4.69) is 10.2 Å². The molecular weight excluding hydrogens is 480 g/mol. The molecule has 0 aliphatic carbocycles. The lowest BCUT2D eigenvalue weighted by Gasteiger charge is -2.25. The van der Waals surface area contributed by atoms with Crippen LogP contribution in [0.2, 0.25) is 5.02 Å². The average molecular weight is 492 g/mol. The summed E-state index contributed by atoms with van der Waals surface area (Å²) in [4.78, 5) is 0.676. The summed E-state index contributed by atoms with van der Waals surface area (Å²) in [6.45, 7) is 0.911. The number of halogens is 7. The van der Waals surface area contributed by atoms with E-state index >= 15 is 0 Å². The van der Waals surface area contributed by atoms with Crippen molar-refractivity contribution in [3.05, 3.63) is 57.6 Å². The number of hydrogen-bond acceptors (Lipinski definition) is 4. The summed E-state index contributed by atoms with van der Waals surface area (Å²) < 4.78 is 78.9. The number of thiocarbonyl (C=S) groups is 1. The molecule has 32 heavy (non-hydrogen) atoms. The van der Waals surface area contributed by atoms with Gasteiger partial charge >= 0.3 is 12.4 Å². The van der Waals surface area contributed by atoms with Crippen molar-refractivity contribution in [2.75, 3.05) is 0 Å². The number of nitriles is 1. The number of alkyl halides is 6. The van der Waals surface area contributed by atoms with Crippen LogP contribution in [0.3, 0.4) is 0 Å². The molecule has 1 aromatic heterocycles. The Labute approximate surface area is 187 Å². The standard InChI is InChI=1S/C19H12ClF6N5S/c1-17(7-27,12-4-9(18(21,22)23)2-3-11(12)16(28)32)8-31-29-14-6-10(19(24,25)26)5-13(20)15(14)30-31/h2-6H,8H2,1H3,(H2,28,32). The maximum absolute atomic E-state index is 13.3. The molecule has 0 spiro atoms.